The zero-order chi connectivity index (χ0) is 14.8. The first-order valence-electron chi connectivity index (χ1n) is 4.91. The van der Waals surface area contributed by atoms with Gasteiger partial charge in [0.25, 0.3) is 6.43 Å². The van der Waals surface area contributed by atoms with Crippen molar-refractivity contribution < 1.29 is 31.5 Å². The molecule has 0 aromatic carbocycles. The molecular weight excluding hydrogens is 388 g/mol. The topological polar surface area (TPSA) is 39.2 Å². The van der Waals surface area contributed by atoms with E-state index in [1.165, 1.54) is 29.5 Å². The van der Waals surface area contributed by atoms with Gasteiger partial charge in [0, 0.05) is 0 Å². The van der Waals surface area contributed by atoms with Crippen molar-refractivity contribution in [3.63, 3.8) is 0 Å². The van der Waals surface area contributed by atoms with E-state index in [4.69, 9.17) is 0 Å². The summed E-state index contributed by atoms with van der Waals surface area (Å²) in [5.41, 5.74) is -3.20. The number of alkyl halides is 5. The summed E-state index contributed by atoms with van der Waals surface area (Å²) in [6.07, 6.45) is -8.14. The van der Waals surface area contributed by atoms with E-state index < -0.39 is 35.5 Å². The van der Waals surface area contributed by atoms with Crippen LogP contribution in [-0.2, 0) is 10.9 Å². The molecule has 0 spiro atoms. The lowest BCUT2D eigenvalue weighted by molar-refractivity contribution is -0.141. The summed E-state index contributed by atoms with van der Waals surface area (Å²) in [5.74, 6) is -1.10. The molecular formula is C10H7F5INO2. The Morgan fingerprint density at radius 3 is 2.47 bits per heavy atom. The lowest BCUT2D eigenvalue weighted by Crippen LogP contribution is -2.16. The molecule has 0 unspecified atom stereocenters. The number of rotatable bonds is 3. The Morgan fingerprint density at radius 2 is 2.05 bits per heavy atom. The highest BCUT2D eigenvalue weighted by molar-refractivity contribution is 14.1. The predicted octanol–water partition coefficient (Wildman–Crippen LogP) is 3.82. The van der Waals surface area contributed by atoms with E-state index in [1.807, 2.05) is 0 Å². The van der Waals surface area contributed by atoms with Crippen LogP contribution in [0.3, 0.4) is 0 Å². The van der Waals surface area contributed by atoms with Gasteiger partial charge in [-0.2, -0.15) is 13.2 Å². The number of pyridine rings is 1. The molecule has 19 heavy (non-hydrogen) atoms. The fourth-order valence-electron chi connectivity index (χ4n) is 1.20. The molecule has 3 nitrogen and oxygen atoms in total. The summed E-state index contributed by atoms with van der Waals surface area (Å²) in [4.78, 5) is 14.3. The van der Waals surface area contributed by atoms with Gasteiger partial charge in [-0.05, 0) is 35.6 Å². The van der Waals surface area contributed by atoms with Gasteiger partial charge in [0.15, 0.2) is 0 Å². The second-order valence-corrected chi connectivity index (χ2v) is 4.35. The maximum Gasteiger partial charge on any atom is 0.433 e. The third-order valence-corrected chi connectivity index (χ3v) is 3.11. The molecule has 0 bridgehead atoms. The minimum Gasteiger partial charge on any atom is -0.462 e. The third-order valence-electron chi connectivity index (χ3n) is 1.98. The van der Waals surface area contributed by atoms with Gasteiger partial charge >= 0.3 is 12.1 Å². The average Bonchev–Trinajstić information content (AvgIpc) is 2.27. The second kappa shape index (κ2) is 5.97. The Bertz CT molecular complexity index is 490. The van der Waals surface area contributed by atoms with Crippen molar-refractivity contribution in [2.45, 2.75) is 19.5 Å². The Hall–Kier alpha value is -1.00. The molecule has 0 N–H and O–H groups in total. The lowest BCUT2D eigenvalue weighted by atomic mass is 10.2. The first-order chi connectivity index (χ1) is 8.68. The Morgan fingerprint density at radius 1 is 1.47 bits per heavy atom. The number of aromatic nitrogens is 1. The molecule has 1 heterocycles. The Labute approximate surface area is 118 Å². The molecule has 9 heteroatoms. The highest BCUT2D eigenvalue weighted by atomic mass is 127. The van der Waals surface area contributed by atoms with Crippen molar-refractivity contribution in [2.24, 2.45) is 0 Å². The normalized spacial score (nSPS) is 11.8. The lowest BCUT2D eigenvalue weighted by Gasteiger charge is -2.13. The van der Waals surface area contributed by atoms with E-state index in [9.17, 15) is 26.7 Å². The van der Waals surface area contributed by atoms with Crippen molar-refractivity contribution >= 4 is 28.6 Å². The van der Waals surface area contributed by atoms with Gasteiger partial charge in [-0.3, -0.25) is 0 Å². The summed E-state index contributed by atoms with van der Waals surface area (Å²) < 4.78 is 67.0. The zero-order valence-corrected chi connectivity index (χ0v) is 11.6. The van der Waals surface area contributed by atoms with Crippen LogP contribution >= 0.6 is 22.6 Å². The largest absolute Gasteiger partial charge is 0.462 e. The van der Waals surface area contributed by atoms with E-state index in [1.54, 1.807) is 0 Å². The van der Waals surface area contributed by atoms with E-state index in [-0.39, 0.29) is 10.2 Å². The molecule has 0 aliphatic rings. The molecule has 1 aromatic heterocycles. The van der Waals surface area contributed by atoms with Crippen molar-refractivity contribution in [1.82, 2.24) is 4.98 Å². The number of hydrogen-bond donors (Lipinski definition) is 0. The quantitative estimate of drug-likeness (QED) is 0.444. The number of nitrogens with zero attached hydrogens (tertiary/aromatic N) is 1. The molecule has 0 atom stereocenters. The van der Waals surface area contributed by atoms with E-state index in [0.29, 0.717) is 6.07 Å². The van der Waals surface area contributed by atoms with Gasteiger partial charge in [-0.25, -0.2) is 18.6 Å². The number of hydrogen-bond acceptors (Lipinski definition) is 3. The van der Waals surface area contributed by atoms with Crippen LogP contribution in [0.1, 0.15) is 35.1 Å². The van der Waals surface area contributed by atoms with Gasteiger partial charge in [0.1, 0.15) is 11.4 Å². The van der Waals surface area contributed by atoms with Crippen molar-refractivity contribution in [3.8, 4) is 0 Å². The van der Waals surface area contributed by atoms with Crippen LogP contribution in [0.5, 0.6) is 0 Å². The molecule has 1 aromatic rings. The third kappa shape index (κ3) is 3.74. The number of ether oxygens (including phenoxy) is 1. The van der Waals surface area contributed by atoms with Gasteiger partial charge in [-0.15, -0.1) is 0 Å². The first-order valence-corrected chi connectivity index (χ1v) is 5.99. The molecule has 0 aliphatic carbocycles. The summed E-state index contributed by atoms with van der Waals surface area (Å²) in [6, 6.07) is 0.408. The number of carbonyl (C=O) groups excluding carboxylic acids is 1. The molecule has 0 radical (unpaired) electrons. The van der Waals surface area contributed by atoms with Crippen LogP contribution in [0, 0.1) is 3.57 Å². The smallest absolute Gasteiger partial charge is 0.433 e. The summed E-state index contributed by atoms with van der Waals surface area (Å²) in [5, 5.41) is 0. The van der Waals surface area contributed by atoms with Crippen molar-refractivity contribution in [2.75, 3.05) is 6.61 Å². The molecule has 0 saturated carbocycles. The zero-order valence-electron chi connectivity index (χ0n) is 9.39. The fraction of sp³-hybridized carbons (Fsp3) is 0.400. The second-order valence-electron chi connectivity index (χ2n) is 3.27. The van der Waals surface area contributed by atoms with Crippen LogP contribution in [-0.4, -0.2) is 17.6 Å². The van der Waals surface area contributed by atoms with Gasteiger partial charge in [-0.1, -0.05) is 0 Å². The Kier molecular flexibility index (Phi) is 5.04. The molecule has 106 valence electrons. The SMILES string of the molecule is CCOC(=O)c1cc(C(F)(F)F)nc(C(F)F)c1I. The minimum atomic E-state index is -4.92. The molecule has 0 saturated heterocycles. The number of carbonyl (C=O) groups is 1. The van der Waals surface area contributed by atoms with E-state index in [2.05, 4.69) is 9.72 Å². The standard InChI is InChI=1S/C10H7F5INO2/c1-2-19-9(18)4-3-5(10(13,14)15)17-7(6(4)16)8(11)12/h3,8H,2H2,1H3. The highest BCUT2D eigenvalue weighted by Gasteiger charge is 2.36. The molecule has 1 rings (SSSR count). The van der Waals surface area contributed by atoms with Gasteiger partial charge < -0.3 is 4.74 Å². The Balaban J connectivity index is 3.45. The maximum absolute atomic E-state index is 12.6. The van der Waals surface area contributed by atoms with Gasteiger partial charge in [0.2, 0.25) is 0 Å². The number of halogens is 6. The average molecular weight is 395 g/mol. The summed E-state index contributed by atoms with van der Waals surface area (Å²) >= 11 is 1.35. The first kappa shape index (κ1) is 16.1. The van der Waals surface area contributed by atoms with Crippen LogP contribution in [0.4, 0.5) is 22.0 Å². The van der Waals surface area contributed by atoms with Crippen LogP contribution < -0.4 is 0 Å². The molecule has 0 fully saturated rings. The maximum atomic E-state index is 12.6. The molecule has 0 aliphatic heterocycles. The highest BCUT2D eigenvalue weighted by Crippen LogP contribution is 2.33. The minimum absolute atomic E-state index is 0.0808. The summed E-state index contributed by atoms with van der Waals surface area (Å²) in [7, 11) is 0. The van der Waals surface area contributed by atoms with Crippen LogP contribution in [0.2, 0.25) is 0 Å². The van der Waals surface area contributed by atoms with E-state index >= 15 is 0 Å². The van der Waals surface area contributed by atoms with Crippen molar-refractivity contribution in [3.05, 3.63) is 26.6 Å². The van der Waals surface area contributed by atoms with Gasteiger partial charge in [0.05, 0.1) is 15.7 Å². The monoisotopic (exact) mass is 395 g/mol. The van der Waals surface area contributed by atoms with Crippen LogP contribution in [0.25, 0.3) is 0 Å². The molecule has 0 amide bonds. The number of esters is 1. The van der Waals surface area contributed by atoms with E-state index in [0.717, 1.165) is 0 Å². The summed E-state index contributed by atoms with van der Waals surface area (Å²) in [6.45, 7) is 1.37. The van der Waals surface area contributed by atoms with Crippen molar-refractivity contribution in [1.29, 1.82) is 0 Å². The predicted molar refractivity (Wildman–Crippen MR) is 62.9 cm³/mol. The van der Waals surface area contributed by atoms with Crippen LogP contribution in [0.15, 0.2) is 6.07 Å². The fourth-order valence-corrected chi connectivity index (χ4v) is 1.93.